The van der Waals surface area contributed by atoms with E-state index in [1.54, 1.807) is 36.4 Å². The normalized spacial score (nSPS) is 10.3. The van der Waals surface area contributed by atoms with E-state index >= 15 is 0 Å². The Kier molecular flexibility index (Phi) is 5.00. The molecular formula is C21H16FNO2. The smallest absolute Gasteiger partial charge is 0.193 e. The molecule has 0 aliphatic carbocycles. The van der Waals surface area contributed by atoms with Crippen molar-refractivity contribution >= 4 is 17.3 Å². The van der Waals surface area contributed by atoms with Crippen molar-refractivity contribution in [3.63, 3.8) is 0 Å². The van der Waals surface area contributed by atoms with Crippen LogP contribution in [0.2, 0.25) is 0 Å². The van der Waals surface area contributed by atoms with E-state index in [4.69, 9.17) is 0 Å². The van der Waals surface area contributed by atoms with Crippen molar-refractivity contribution in [2.75, 3.05) is 11.9 Å². The molecule has 0 atom stereocenters. The van der Waals surface area contributed by atoms with Crippen LogP contribution in [-0.4, -0.2) is 18.1 Å². The summed E-state index contributed by atoms with van der Waals surface area (Å²) in [5, 5.41) is 3.01. The lowest BCUT2D eigenvalue weighted by Crippen LogP contribution is -2.14. The second-order valence-electron chi connectivity index (χ2n) is 5.56. The fourth-order valence-electron chi connectivity index (χ4n) is 2.45. The van der Waals surface area contributed by atoms with Crippen LogP contribution in [0.4, 0.5) is 10.1 Å². The monoisotopic (exact) mass is 333 g/mol. The molecule has 0 amide bonds. The molecule has 25 heavy (non-hydrogen) atoms. The SMILES string of the molecule is O=C(CNc1cccc(C(=O)c2ccccc2)c1)c1ccc(F)cc1. The van der Waals surface area contributed by atoms with Crippen LogP contribution in [-0.2, 0) is 0 Å². The largest absolute Gasteiger partial charge is 0.378 e. The quantitative estimate of drug-likeness (QED) is 0.682. The fourth-order valence-corrected chi connectivity index (χ4v) is 2.45. The van der Waals surface area contributed by atoms with Gasteiger partial charge < -0.3 is 5.32 Å². The summed E-state index contributed by atoms with van der Waals surface area (Å²) in [6.45, 7) is 0.0641. The highest BCUT2D eigenvalue weighted by Crippen LogP contribution is 2.15. The van der Waals surface area contributed by atoms with Gasteiger partial charge in [-0.05, 0) is 36.4 Å². The van der Waals surface area contributed by atoms with Crippen LogP contribution in [0.1, 0.15) is 26.3 Å². The highest BCUT2D eigenvalue weighted by molar-refractivity contribution is 6.09. The van der Waals surface area contributed by atoms with E-state index in [-0.39, 0.29) is 23.9 Å². The molecule has 3 aromatic rings. The van der Waals surface area contributed by atoms with Crippen molar-refractivity contribution in [1.82, 2.24) is 0 Å². The fraction of sp³-hybridized carbons (Fsp3) is 0.0476. The topological polar surface area (TPSA) is 46.2 Å². The first-order chi connectivity index (χ1) is 12.1. The van der Waals surface area contributed by atoms with Gasteiger partial charge in [-0.15, -0.1) is 0 Å². The second-order valence-corrected chi connectivity index (χ2v) is 5.56. The molecule has 0 saturated heterocycles. The summed E-state index contributed by atoms with van der Waals surface area (Å²) in [6.07, 6.45) is 0. The standard InChI is InChI=1S/C21H16FNO2/c22-18-11-9-15(10-12-18)20(24)14-23-19-8-4-7-17(13-19)21(25)16-5-2-1-3-6-16/h1-13,23H,14H2. The number of rotatable bonds is 6. The van der Waals surface area contributed by atoms with Gasteiger partial charge in [-0.3, -0.25) is 9.59 Å². The number of Topliss-reactive ketones (excluding diaryl/α,β-unsaturated/α-hetero) is 1. The first kappa shape index (κ1) is 16.6. The van der Waals surface area contributed by atoms with E-state index < -0.39 is 0 Å². The Labute approximate surface area is 145 Å². The third-order valence-electron chi connectivity index (χ3n) is 3.78. The molecular weight excluding hydrogens is 317 g/mol. The maximum Gasteiger partial charge on any atom is 0.193 e. The average Bonchev–Trinajstić information content (AvgIpc) is 2.67. The molecule has 0 aliphatic heterocycles. The van der Waals surface area contributed by atoms with Crippen molar-refractivity contribution in [2.45, 2.75) is 0 Å². The minimum absolute atomic E-state index is 0.0641. The number of carbonyl (C=O) groups is 2. The molecule has 0 aromatic heterocycles. The van der Waals surface area contributed by atoms with Crippen LogP contribution in [0.15, 0.2) is 78.9 Å². The minimum atomic E-state index is -0.378. The van der Waals surface area contributed by atoms with Gasteiger partial charge in [0.15, 0.2) is 11.6 Å². The molecule has 0 saturated carbocycles. The number of anilines is 1. The van der Waals surface area contributed by atoms with Crippen molar-refractivity contribution in [2.24, 2.45) is 0 Å². The Balaban J connectivity index is 1.69. The Morgan fingerprint density at radius 1 is 0.760 bits per heavy atom. The van der Waals surface area contributed by atoms with Crippen molar-refractivity contribution in [1.29, 1.82) is 0 Å². The second kappa shape index (κ2) is 7.53. The zero-order chi connectivity index (χ0) is 17.6. The Hall–Kier alpha value is -3.27. The lowest BCUT2D eigenvalue weighted by atomic mass is 10.0. The summed E-state index contributed by atoms with van der Waals surface area (Å²) in [7, 11) is 0. The number of benzene rings is 3. The molecule has 3 rings (SSSR count). The Bertz CT molecular complexity index is 889. The van der Waals surface area contributed by atoms with Crippen LogP contribution in [0, 0.1) is 5.82 Å². The zero-order valence-electron chi connectivity index (χ0n) is 13.4. The predicted octanol–water partition coefficient (Wildman–Crippen LogP) is 4.35. The van der Waals surface area contributed by atoms with Crippen LogP contribution in [0.5, 0.6) is 0 Å². The van der Waals surface area contributed by atoms with E-state index in [1.807, 2.05) is 18.2 Å². The minimum Gasteiger partial charge on any atom is -0.378 e. The summed E-state index contributed by atoms with van der Waals surface area (Å²) in [5.74, 6) is -0.606. The highest BCUT2D eigenvalue weighted by atomic mass is 19.1. The summed E-state index contributed by atoms with van der Waals surface area (Å²) in [4.78, 5) is 24.6. The molecule has 3 aromatic carbocycles. The first-order valence-corrected chi connectivity index (χ1v) is 7.86. The zero-order valence-corrected chi connectivity index (χ0v) is 13.4. The average molecular weight is 333 g/mol. The van der Waals surface area contributed by atoms with Gasteiger partial charge in [-0.25, -0.2) is 4.39 Å². The van der Waals surface area contributed by atoms with Gasteiger partial charge in [0.2, 0.25) is 0 Å². The maximum absolute atomic E-state index is 12.9. The van der Waals surface area contributed by atoms with Crippen LogP contribution in [0.25, 0.3) is 0 Å². The molecule has 0 aliphatic rings. The van der Waals surface area contributed by atoms with Gasteiger partial charge in [0.25, 0.3) is 0 Å². The molecule has 1 N–H and O–H groups in total. The Morgan fingerprint density at radius 3 is 2.16 bits per heavy atom. The molecule has 0 fully saturated rings. The molecule has 0 heterocycles. The summed E-state index contributed by atoms with van der Waals surface area (Å²) < 4.78 is 12.9. The summed E-state index contributed by atoms with van der Waals surface area (Å²) in [6, 6.07) is 21.4. The molecule has 0 radical (unpaired) electrons. The van der Waals surface area contributed by atoms with Gasteiger partial charge in [0.1, 0.15) is 5.82 Å². The molecule has 0 spiro atoms. The van der Waals surface area contributed by atoms with Gasteiger partial charge in [0.05, 0.1) is 6.54 Å². The third kappa shape index (κ3) is 4.18. The molecule has 0 bridgehead atoms. The number of carbonyl (C=O) groups excluding carboxylic acids is 2. The maximum atomic E-state index is 12.9. The molecule has 0 unspecified atom stereocenters. The van der Waals surface area contributed by atoms with Crippen molar-refractivity contribution in [3.05, 3.63) is 101 Å². The van der Waals surface area contributed by atoms with E-state index in [2.05, 4.69) is 5.32 Å². The Morgan fingerprint density at radius 2 is 1.44 bits per heavy atom. The lowest BCUT2D eigenvalue weighted by Gasteiger charge is -2.08. The first-order valence-electron chi connectivity index (χ1n) is 7.86. The van der Waals surface area contributed by atoms with Crippen molar-refractivity contribution in [3.8, 4) is 0 Å². The summed E-state index contributed by atoms with van der Waals surface area (Å²) in [5.41, 5.74) is 2.27. The van der Waals surface area contributed by atoms with Gasteiger partial charge in [-0.1, -0.05) is 42.5 Å². The molecule has 124 valence electrons. The van der Waals surface area contributed by atoms with Crippen molar-refractivity contribution < 1.29 is 14.0 Å². The van der Waals surface area contributed by atoms with Gasteiger partial charge >= 0.3 is 0 Å². The van der Waals surface area contributed by atoms with E-state index in [0.29, 0.717) is 22.4 Å². The van der Waals surface area contributed by atoms with Crippen LogP contribution >= 0.6 is 0 Å². The number of hydrogen-bond acceptors (Lipinski definition) is 3. The predicted molar refractivity (Wildman–Crippen MR) is 95.5 cm³/mol. The lowest BCUT2D eigenvalue weighted by molar-refractivity contribution is 0.100. The third-order valence-corrected chi connectivity index (χ3v) is 3.78. The summed E-state index contributed by atoms with van der Waals surface area (Å²) >= 11 is 0. The van der Waals surface area contributed by atoms with E-state index in [9.17, 15) is 14.0 Å². The van der Waals surface area contributed by atoms with E-state index in [0.717, 1.165) is 0 Å². The molecule has 3 nitrogen and oxygen atoms in total. The van der Waals surface area contributed by atoms with Gasteiger partial charge in [0, 0.05) is 22.4 Å². The number of nitrogens with one attached hydrogen (secondary N) is 1. The van der Waals surface area contributed by atoms with Gasteiger partial charge in [-0.2, -0.15) is 0 Å². The van der Waals surface area contributed by atoms with Crippen LogP contribution < -0.4 is 5.32 Å². The highest BCUT2D eigenvalue weighted by Gasteiger charge is 2.10. The van der Waals surface area contributed by atoms with E-state index in [1.165, 1.54) is 24.3 Å². The molecule has 4 heteroatoms. The number of ketones is 2. The number of halogens is 1. The van der Waals surface area contributed by atoms with Crippen LogP contribution in [0.3, 0.4) is 0 Å². The number of hydrogen-bond donors (Lipinski definition) is 1.